The molecule has 0 aliphatic carbocycles. The van der Waals surface area contributed by atoms with Crippen LogP contribution < -0.4 is 0 Å². The number of rotatable bonds is 92. The number of esters is 4. The van der Waals surface area contributed by atoms with Gasteiger partial charge in [-0.2, -0.15) is 0 Å². The Bertz CT molecular complexity index is 2100. The van der Waals surface area contributed by atoms with Crippen molar-refractivity contribution >= 4 is 39.5 Å². The molecule has 0 fully saturated rings. The molecule has 0 saturated heterocycles. The van der Waals surface area contributed by atoms with Crippen molar-refractivity contribution in [1.29, 1.82) is 0 Å². The average Bonchev–Trinajstić information content (AvgIpc) is 0.901. The molecule has 0 aromatic heterocycles. The summed E-state index contributed by atoms with van der Waals surface area (Å²) in [7, 11) is -9.94. The molecule has 0 amide bonds. The highest BCUT2D eigenvalue weighted by Crippen LogP contribution is 2.45. The van der Waals surface area contributed by atoms with E-state index in [0.29, 0.717) is 25.7 Å². The number of unbranched alkanes of at least 4 members (excludes halogenated alkanes) is 64. The van der Waals surface area contributed by atoms with Gasteiger partial charge in [-0.3, -0.25) is 37.3 Å². The monoisotopic (exact) mass is 1620 g/mol. The molecule has 17 nitrogen and oxygen atoms in total. The van der Waals surface area contributed by atoms with Gasteiger partial charge < -0.3 is 33.8 Å². The molecule has 0 aromatic carbocycles. The lowest BCUT2D eigenvalue weighted by Crippen LogP contribution is -2.30. The number of hydrogen-bond acceptors (Lipinski definition) is 15. The topological polar surface area (TPSA) is 237 Å². The zero-order valence-electron chi connectivity index (χ0n) is 73.1. The standard InChI is InChI=1S/C92H180O17P2/c1-6-9-12-15-18-21-24-27-30-33-36-37-38-41-44-47-50-53-56-63-68-72-77-91(96)108-87(81-102-89(94)75-70-65-60-54-51-48-45-42-39-34-31-28-25-22-19-16-13-10-7-2)83-106-110(98,99)104-79-86(93)80-105-111(100,101)107-84-88(82-103-90(95)76-71-66-61-58-57-59-64-69-74-85(4)5)109-92(97)78-73-67-62-55-52-49-46-43-40-35-32-29-26-23-20-17-14-11-8-3/h85-88,93H,6-84H2,1-5H3,(H,98,99)(H,100,101)/t86-,87-,88-/m1/s1. The second-order valence-electron chi connectivity index (χ2n) is 33.5. The maximum Gasteiger partial charge on any atom is 0.472 e. The third kappa shape index (κ3) is 85.8. The number of ether oxygens (including phenoxy) is 4. The van der Waals surface area contributed by atoms with Crippen LogP contribution in [0.25, 0.3) is 0 Å². The van der Waals surface area contributed by atoms with E-state index >= 15 is 0 Å². The van der Waals surface area contributed by atoms with E-state index < -0.39 is 97.5 Å². The van der Waals surface area contributed by atoms with Gasteiger partial charge >= 0.3 is 39.5 Å². The van der Waals surface area contributed by atoms with Gasteiger partial charge in [-0.25, -0.2) is 9.13 Å². The quantitative estimate of drug-likeness (QED) is 0.0222. The third-order valence-electron chi connectivity index (χ3n) is 21.8. The van der Waals surface area contributed by atoms with Crippen LogP contribution in [-0.2, 0) is 65.4 Å². The summed E-state index contributed by atoms with van der Waals surface area (Å²) in [6.07, 6.45) is 80.8. The summed E-state index contributed by atoms with van der Waals surface area (Å²) in [5, 5.41) is 10.7. The second kappa shape index (κ2) is 84.5. The first-order chi connectivity index (χ1) is 54.0. The molecule has 0 spiro atoms. The van der Waals surface area contributed by atoms with E-state index in [1.807, 2.05) is 0 Å². The van der Waals surface area contributed by atoms with E-state index in [9.17, 15) is 43.2 Å². The minimum absolute atomic E-state index is 0.109. The molecule has 660 valence electrons. The van der Waals surface area contributed by atoms with Gasteiger partial charge in [0.1, 0.15) is 19.3 Å². The zero-order valence-corrected chi connectivity index (χ0v) is 74.9. The summed E-state index contributed by atoms with van der Waals surface area (Å²) >= 11 is 0. The average molecular weight is 1620 g/mol. The first kappa shape index (κ1) is 109. The molecule has 5 atom stereocenters. The predicted molar refractivity (Wildman–Crippen MR) is 460 cm³/mol. The van der Waals surface area contributed by atoms with Gasteiger partial charge in [-0.15, -0.1) is 0 Å². The van der Waals surface area contributed by atoms with Crippen LogP contribution in [0.2, 0.25) is 0 Å². The van der Waals surface area contributed by atoms with Crippen LogP contribution in [0.1, 0.15) is 503 Å². The molecular weight excluding hydrogens is 1440 g/mol. The lowest BCUT2D eigenvalue weighted by Gasteiger charge is -2.21. The molecule has 111 heavy (non-hydrogen) atoms. The van der Waals surface area contributed by atoms with Crippen molar-refractivity contribution in [3.63, 3.8) is 0 Å². The maximum absolute atomic E-state index is 13.2. The summed E-state index contributed by atoms with van der Waals surface area (Å²) in [5.74, 6) is -1.37. The lowest BCUT2D eigenvalue weighted by molar-refractivity contribution is -0.161. The molecular formula is C92H180O17P2. The molecule has 0 aliphatic heterocycles. The molecule has 2 unspecified atom stereocenters. The molecule has 0 bridgehead atoms. The fourth-order valence-corrected chi connectivity index (χ4v) is 16.1. The van der Waals surface area contributed by atoms with E-state index in [0.717, 1.165) is 95.8 Å². The second-order valence-corrected chi connectivity index (χ2v) is 36.4. The van der Waals surface area contributed by atoms with Crippen LogP contribution in [0.5, 0.6) is 0 Å². The lowest BCUT2D eigenvalue weighted by atomic mass is 10.0. The highest BCUT2D eigenvalue weighted by Gasteiger charge is 2.31. The van der Waals surface area contributed by atoms with Gasteiger partial charge in [-0.05, 0) is 31.6 Å². The molecule has 0 rings (SSSR count). The van der Waals surface area contributed by atoms with E-state index in [2.05, 4.69) is 34.6 Å². The third-order valence-corrected chi connectivity index (χ3v) is 23.7. The highest BCUT2D eigenvalue weighted by molar-refractivity contribution is 7.47. The SMILES string of the molecule is CCCCCCCCCCCCCCCCCCCCCCCCC(=O)O[C@H](COC(=O)CCCCCCCCCCCCCCCCCCCCC)COP(=O)(O)OC[C@@H](O)COP(=O)(O)OC[C@@H](COC(=O)CCCCCCCCCCC(C)C)OC(=O)CCCCCCCCCCCCCCCCCCCCC. The van der Waals surface area contributed by atoms with Crippen molar-refractivity contribution < 1.29 is 80.2 Å². The first-order valence-electron chi connectivity index (χ1n) is 47.6. The van der Waals surface area contributed by atoms with Gasteiger partial charge in [0.05, 0.1) is 26.4 Å². The van der Waals surface area contributed by atoms with Crippen LogP contribution in [0, 0.1) is 5.92 Å². The molecule has 0 aliphatic rings. The van der Waals surface area contributed by atoms with Crippen molar-refractivity contribution in [3.8, 4) is 0 Å². The minimum Gasteiger partial charge on any atom is -0.462 e. The Balaban J connectivity index is 5.22. The Morgan fingerprint density at radius 3 is 0.613 bits per heavy atom. The van der Waals surface area contributed by atoms with Gasteiger partial charge in [0.25, 0.3) is 0 Å². The Morgan fingerprint density at radius 2 is 0.414 bits per heavy atom. The predicted octanol–water partition coefficient (Wildman–Crippen LogP) is 28.7. The Labute approximate surface area is 683 Å². The van der Waals surface area contributed by atoms with Crippen molar-refractivity contribution in [3.05, 3.63) is 0 Å². The normalized spacial score (nSPS) is 13.7. The highest BCUT2D eigenvalue weighted by atomic mass is 31.2. The number of phosphoric ester groups is 2. The van der Waals surface area contributed by atoms with E-state index in [4.69, 9.17) is 37.0 Å². The number of carbonyl (C=O) groups is 4. The largest absolute Gasteiger partial charge is 0.472 e. The van der Waals surface area contributed by atoms with Crippen LogP contribution in [0.3, 0.4) is 0 Å². The van der Waals surface area contributed by atoms with Crippen molar-refractivity contribution in [2.45, 2.75) is 522 Å². The van der Waals surface area contributed by atoms with Crippen molar-refractivity contribution in [2.75, 3.05) is 39.6 Å². The van der Waals surface area contributed by atoms with Crippen LogP contribution in [-0.4, -0.2) is 96.7 Å². The first-order valence-corrected chi connectivity index (χ1v) is 50.6. The molecule has 19 heteroatoms. The summed E-state index contributed by atoms with van der Waals surface area (Å²) < 4.78 is 69.1. The zero-order chi connectivity index (χ0) is 81.1. The number of aliphatic hydroxyl groups excluding tert-OH is 1. The molecule has 3 N–H and O–H groups in total. The smallest absolute Gasteiger partial charge is 0.462 e. The fraction of sp³-hybridized carbons (Fsp3) is 0.957. The summed E-state index contributed by atoms with van der Waals surface area (Å²) in [4.78, 5) is 73.4. The Hall–Kier alpha value is -1.94. The van der Waals surface area contributed by atoms with Crippen molar-refractivity contribution in [1.82, 2.24) is 0 Å². The maximum atomic E-state index is 13.2. The van der Waals surface area contributed by atoms with Gasteiger partial charge in [-0.1, -0.05) is 452 Å². The number of hydrogen-bond donors (Lipinski definition) is 3. The summed E-state index contributed by atoms with van der Waals surface area (Å²) in [6, 6.07) is 0. The van der Waals surface area contributed by atoms with E-state index in [-0.39, 0.29) is 25.7 Å². The van der Waals surface area contributed by atoms with E-state index in [1.54, 1.807) is 0 Å². The Morgan fingerprint density at radius 1 is 0.243 bits per heavy atom. The minimum atomic E-state index is -4.97. The molecule has 0 radical (unpaired) electrons. The number of carbonyl (C=O) groups excluding carboxylic acids is 4. The fourth-order valence-electron chi connectivity index (χ4n) is 14.5. The van der Waals surface area contributed by atoms with Gasteiger partial charge in [0, 0.05) is 25.7 Å². The van der Waals surface area contributed by atoms with Crippen molar-refractivity contribution in [2.24, 2.45) is 5.92 Å². The summed E-state index contributed by atoms with van der Waals surface area (Å²) in [5.41, 5.74) is 0. The molecule has 0 aromatic rings. The summed E-state index contributed by atoms with van der Waals surface area (Å²) in [6.45, 7) is 7.36. The van der Waals surface area contributed by atoms with Crippen LogP contribution >= 0.6 is 15.6 Å². The van der Waals surface area contributed by atoms with E-state index in [1.165, 1.54) is 327 Å². The molecule has 0 saturated carbocycles. The number of phosphoric acid groups is 2. The molecule has 0 heterocycles. The van der Waals surface area contributed by atoms with Crippen LogP contribution in [0.4, 0.5) is 0 Å². The Kier molecular flexibility index (Phi) is 83.0. The van der Waals surface area contributed by atoms with Crippen LogP contribution in [0.15, 0.2) is 0 Å². The van der Waals surface area contributed by atoms with Gasteiger partial charge in [0.2, 0.25) is 0 Å². The number of aliphatic hydroxyl groups is 1. The van der Waals surface area contributed by atoms with Gasteiger partial charge in [0.15, 0.2) is 12.2 Å².